The Morgan fingerprint density at radius 2 is 2.00 bits per heavy atom. The molecule has 0 saturated heterocycles. The summed E-state index contributed by atoms with van der Waals surface area (Å²) >= 11 is 1.32. The number of hydrogen-bond donors (Lipinski definition) is 2. The SMILES string of the molecule is CC(C)CC(O)(C[P+](=O)CSc1ccc2ccccc2n1)C(=O)O. The number of nitrogens with zero attached hydrogens (tertiary/aromatic N) is 1. The molecule has 0 aliphatic rings. The van der Waals surface area contributed by atoms with Gasteiger partial charge in [-0.15, -0.1) is 0 Å². The van der Waals surface area contributed by atoms with Gasteiger partial charge in [0.1, 0.15) is 5.03 Å². The summed E-state index contributed by atoms with van der Waals surface area (Å²) in [5.41, 5.74) is -0.840. The summed E-state index contributed by atoms with van der Waals surface area (Å²) in [5.74, 6) is -1.31. The van der Waals surface area contributed by atoms with Gasteiger partial charge in [-0.05, 0) is 24.5 Å². The lowest BCUT2D eigenvalue weighted by Gasteiger charge is -2.20. The van der Waals surface area contributed by atoms with Crippen molar-refractivity contribution in [2.45, 2.75) is 30.9 Å². The van der Waals surface area contributed by atoms with Crippen molar-refractivity contribution in [1.82, 2.24) is 4.98 Å². The zero-order valence-corrected chi connectivity index (χ0v) is 15.4. The highest BCUT2D eigenvalue weighted by Crippen LogP contribution is 2.36. The molecule has 1 heterocycles. The first-order chi connectivity index (χ1) is 11.3. The van der Waals surface area contributed by atoms with Gasteiger partial charge in [-0.2, -0.15) is 0 Å². The summed E-state index contributed by atoms with van der Waals surface area (Å²) < 4.78 is 12.3. The van der Waals surface area contributed by atoms with Gasteiger partial charge in [-0.3, -0.25) is 0 Å². The molecular weight excluding hydrogens is 345 g/mol. The third-order valence-electron chi connectivity index (χ3n) is 3.51. The van der Waals surface area contributed by atoms with Gasteiger partial charge in [-0.25, -0.2) is 9.78 Å². The van der Waals surface area contributed by atoms with Crippen molar-refractivity contribution in [3.8, 4) is 0 Å². The molecule has 0 amide bonds. The topological polar surface area (TPSA) is 87.5 Å². The number of pyridine rings is 1. The van der Waals surface area contributed by atoms with Crippen LogP contribution in [0, 0.1) is 5.92 Å². The first-order valence-corrected chi connectivity index (χ1v) is 10.3. The minimum atomic E-state index is -1.93. The lowest BCUT2D eigenvalue weighted by molar-refractivity contribution is -0.157. The number of aliphatic carboxylic acids is 1. The van der Waals surface area contributed by atoms with Crippen LogP contribution in [0.5, 0.6) is 0 Å². The molecule has 0 aliphatic heterocycles. The van der Waals surface area contributed by atoms with Crippen LogP contribution in [0.25, 0.3) is 10.9 Å². The average molecular weight is 366 g/mol. The smallest absolute Gasteiger partial charge is 0.353 e. The van der Waals surface area contributed by atoms with Gasteiger partial charge in [-0.1, -0.05) is 54.4 Å². The van der Waals surface area contributed by atoms with Crippen LogP contribution in [-0.4, -0.2) is 38.4 Å². The molecule has 2 aromatic rings. The minimum Gasteiger partial charge on any atom is -0.479 e. The first kappa shape index (κ1) is 18.8. The Labute approximate surface area is 146 Å². The number of carboxylic acids is 1. The van der Waals surface area contributed by atoms with Crippen molar-refractivity contribution in [2.24, 2.45) is 5.92 Å². The van der Waals surface area contributed by atoms with Gasteiger partial charge < -0.3 is 10.2 Å². The highest BCUT2D eigenvalue weighted by atomic mass is 32.2. The zero-order valence-electron chi connectivity index (χ0n) is 13.7. The monoisotopic (exact) mass is 366 g/mol. The molecule has 1 aromatic carbocycles. The van der Waals surface area contributed by atoms with Gasteiger partial charge in [0.2, 0.25) is 5.60 Å². The molecule has 2 atom stereocenters. The van der Waals surface area contributed by atoms with Crippen molar-refractivity contribution in [2.75, 3.05) is 11.7 Å². The normalized spacial score (nSPS) is 14.6. The van der Waals surface area contributed by atoms with Crippen LogP contribution < -0.4 is 0 Å². The average Bonchev–Trinajstić information content (AvgIpc) is 2.51. The lowest BCUT2D eigenvalue weighted by atomic mass is 9.94. The van der Waals surface area contributed by atoms with E-state index in [2.05, 4.69) is 4.98 Å². The zero-order chi connectivity index (χ0) is 17.7. The molecular formula is C17H21NO4PS+. The van der Waals surface area contributed by atoms with Crippen LogP contribution in [-0.2, 0) is 9.36 Å². The Hall–Kier alpha value is -1.49. The van der Waals surface area contributed by atoms with E-state index in [0.717, 1.165) is 15.9 Å². The van der Waals surface area contributed by atoms with Crippen molar-refractivity contribution in [3.63, 3.8) is 0 Å². The number of carbonyl (C=O) groups is 1. The van der Waals surface area contributed by atoms with E-state index in [4.69, 9.17) is 0 Å². The molecule has 0 radical (unpaired) electrons. The second-order valence-electron chi connectivity index (χ2n) is 6.19. The predicted octanol–water partition coefficient (Wildman–Crippen LogP) is 3.97. The second-order valence-corrected chi connectivity index (χ2v) is 9.21. The Kier molecular flexibility index (Phi) is 6.33. The van der Waals surface area contributed by atoms with Crippen LogP contribution in [0.1, 0.15) is 20.3 Å². The summed E-state index contributed by atoms with van der Waals surface area (Å²) in [5, 5.41) is 21.3. The second kappa shape index (κ2) is 8.06. The number of aromatic nitrogens is 1. The third-order valence-corrected chi connectivity index (χ3v) is 6.58. The van der Waals surface area contributed by atoms with Crippen LogP contribution in [0.3, 0.4) is 0 Å². The molecule has 2 unspecified atom stereocenters. The van der Waals surface area contributed by atoms with Gasteiger partial charge in [0, 0.05) is 5.39 Å². The first-order valence-electron chi connectivity index (χ1n) is 7.66. The van der Waals surface area contributed by atoms with Crippen molar-refractivity contribution >= 4 is 36.4 Å². The highest BCUT2D eigenvalue weighted by Gasteiger charge is 2.44. The van der Waals surface area contributed by atoms with Crippen LogP contribution in [0.4, 0.5) is 0 Å². The van der Waals surface area contributed by atoms with Crippen molar-refractivity contribution in [3.05, 3.63) is 36.4 Å². The fraction of sp³-hybridized carbons (Fsp3) is 0.412. The molecule has 24 heavy (non-hydrogen) atoms. The van der Waals surface area contributed by atoms with E-state index >= 15 is 0 Å². The molecule has 0 aliphatic carbocycles. The van der Waals surface area contributed by atoms with Crippen LogP contribution in [0.15, 0.2) is 41.4 Å². The fourth-order valence-corrected chi connectivity index (χ4v) is 5.14. The van der Waals surface area contributed by atoms with E-state index in [1.807, 2.05) is 50.2 Å². The molecule has 128 valence electrons. The van der Waals surface area contributed by atoms with E-state index < -0.39 is 19.4 Å². The number of aliphatic hydroxyl groups is 1. The fourth-order valence-electron chi connectivity index (χ4n) is 2.50. The standard InChI is InChI=1S/C17H20NO4PS/c1-12(2)9-17(21,16(19)20)10-23(22)11-24-15-8-7-13-5-3-4-6-14(13)18-15/h3-8,12,21H,9-11H2,1-2H3/p+1. The number of para-hydroxylation sites is 1. The van der Waals surface area contributed by atoms with Crippen LogP contribution >= 0.6 is 19.6 Å². The number of fused-ring (bicyclic) bond motifs is 1. The van der Waals surface area contributed by atoms with Crippen molar-refractivity contribution in [1.29, 1.82) is 0 Å². The summed E-state index contributed by atoms with van der Waals surface area (Å²) in [7, 11) is -1.86. The van der Waals surface area contributed by atoms with Gasteiger partial charge in [0.05, 0.1) is 5.52 Å². The molecule has 0 saturated carbocycles. The Bertz CT molecular complexity index is 752. The Balaban J connectivity index is 1.99. The largest absolute Gasteiger partial charge is 0.479 e. The molecule has 5 nitrogen and oxygen atoms in total. The summed E-state index contributed by atoms with van der Waals surface area (Å²) in [4.78, 5) is 15.8. The minimum absolute atomic E-state index is 0.00399. The maximum atomic E-state index is 12.3. The highest BCUT2D eigenvalue weighted by molar-refractivity contribution is 8.03. The summed E-state index contributed by atoms with van der Waals surface area (Å²) in [6.07, 6.45) is -0.154. The van der Waals surface area contributed by atoms with Gasteiger partial charge in [0.15, 0.2) is 11.7 Å². The van der Waals surface area contributed by atoms with Gasteiger partial charge >= 0.3 is 13.8 Å². The molecule has 1 aromatic heterocycles. The number of thioether (sulfide) groups is 1. The Morgan fingerprint density at radius 3 is 2.67 bits per heavy atom. The lowest BCUT2D eigenvalue weighted by Crippen LogP contribution is -2.42. The number of rotatable bonds is 8. The van der Waals surface area contributed by atoms with E-state index in [0.29, 0.717) is 0 Å². The molecule has 2 N–H and O–H groups in total. The maximum absolute atomic E-state index is 12.3. The molecule has 0 fully saturated rings. The van der Waals surface area contributed by atoms with E-state index in [1.54, 1.807) is 0 Å². The van der Waals surface area contributed by atoms with E-state index in [9.17, 15) is 19.6 Å². The van der Waals surface area contributed by atoms with E-state index in [-0.39, 0.29) is 24.0 Å². The molecule has 0 bridgehead atoms. The summed E-state index contributed by atoms with van der Waals surface area (Å²) in [6, 6.07) is 11.5. The van der Waals surface area contributed by atoms with Crippen LogP contribution in [0.2, 0.25) is 0 Å². The summed E-state index contributed by atoms with van der Waals surface area (Å²) in [6.45, 7) is 3.66. The number of benzene rings is 1. The molecule has 7 heteroatoms. The predicted molar refractivity (Wildman–Crippen MR) is 97.0 cm³/mol. The van der Waals surface area contributed by atoms with E-state index in [1.165, 1.54) is 11.8 Å². The number of hydrogen-bond acceptors (Lipinski definition) is 5. The van der Waals surface area contributed by atoms with Crippen molar-refractivity contribution < 1.29 is 19.6 Å². The third kappa shape index (κ3) is 5.00. The quantitative estimate of drug-likeness (QED) is 0.543. The number of carboxylic acid groups (broad SMARTS) is 1. The van der Waals surface area contributed by atoms with Gasteiger partial charge in [0.25, 0.3) is 0 Å². The molecule has 2 rings (SSSR count). The molecule has 0 spiro atoms. The maximum Gasteiger partial charge on any atom is 0.353 e. The Morgan fingerprint density at radius 1 is 1.29 bits per heavy atom.